The van der Waals surface area contributed by atoms with Crippen LogP contribution in [-0.4, -0.2) is 13.2 Å². The standard InChI is InChI=1S/C17H15F4N3/c1-5-12-9-15(14(18)8-13(12)10-22)24(4)11(3)7-16(23-6-2)17(19,20)21/h5-9,23H,1-3H2,4H3/b16-7-. The number of nitriles is 1. The van der Waals surface area contributed by atoms with Crippen LogP contribution in [-0.2, 0) is 0 Å². The van der Waals surface area contributed by atoms with Crippen molar-refractivity contribution < 1.29 is 17.6 Å². The van der Waals surface area contributed by atoms with Gasteiger partial charge in [0, 0.05) is 12.7 Å². The fraction of sp³-hybridized carbons (Fsp3) is 0.118. The lowest BCUT2D eigenvalue weighted by atomic mass is 10.1. The molecule has 1 rings (SSSR count). The van der Waals surface area contributed by atoms with Gasteiger partial charge in [-0.15, -0.1) is 0 Å². The van der Waals surface area contributed by atoms with Gasteiger partial charge in [0.15, 0.2) is 0 Å². The van der Waals surface area contributed by atoms with E-state index in [0.717, 1.165) is 23.2 Å². The van der Waals surface area contributed by atoms with Crippen molar-refractivity contribution in [3.63, 3.8) is 0 Å². The van der Waals surface area contributed by atoms with Gasteiger partial charge in [-0.05, 0) is 30.0 Å². The summed E-state index contributed by atoms with van der Waals surface area (Å²) >= 11 is 0. The molecule has 0 unspecified atom stereocenters. The second-order valence-electron chi connectivity index (χ2n) is 4.66. The molecule has 0 spiro atoms. The maximum Gasteiger partial charge on any atom is 0.431 e. The third-order valence-electron chi connectivity index (χ3n) is 3.13. The van der Waals surface area contributed by atoms with Gasteiger partial charge in [0.05, 0.1) is 17.3 Å². The highest BCUT2D eigenvalue weighted by Crippen LogP contribution is 2.29. The van der Waals surface area contributed by atoms with Crippen molar-refractivity contribution in [3.05, 3.63) is 72.5 Å². The Kier molecular flexibility index (Phi) is 5.95. The number of hydrogen-bond acceptors (Lipinski definition) is 3. The zero-order valence-corrected chi connectivity index (χ0v) is 12.9. The van der Waals surface area contributed by atoms with E-state index < -0.39 is 17.7 Å². The van der Waals surface area contributed by atoms with Crippen LogP contribution in [0.4, 0.5) is 23.2 Å². The van der Waals surface area contributed by atoms with Crippen molar-refractivity contribution in [2.75, 3.05) is 11.9 Å². The topological polar surface area (TPSA) is 39.1 Å². The van der Waals surface area contributed by atoms with E-state index in [9.17, 15) is 17.6 Å². The molecule has 0 amide bonds. The molecule has 0 aromatic heterocycles. The first kappa shape index (κ1) is 19.0. The van der Waals surface area contributed by atoms with Crippen LogP contribution in [0.2, 0.25) is 0 Å². The lowest BCUT2D eigenvalue weighted by Gasteiger charge is -2.22. The van der Waals surface area contributed by atoms with Crippen LogP contribution >= 0.6 is 0 Å². The Balaban J connectivity index is 3.29. The minimum absolute atomic E-state index is 0.0368. The smallest absolute Gasteiger partial charge is 0.358 e. The molecule has 3 nitrogen and oxygen atoms in total. The quantitative estimate of drug-likeness (QED) is 0.615. The van der Waals surface area contributed by atoms with E-state index in [-0.39, 0.29) is 16.9 Å². The Bertz CT molecular complexity index is 739. The number of hydrogen-bond donors (Lipinski definition) is 1. The summed E-state index contributed by atoms with van der Waals surface area (Å²) in [6.45, 7) is 10.2. The lowest BCUT2D eigenvalue weighted by molar-refractivity contribution is -0.0954. The number of halogens is 4. The van der Waals surface area contributed by atoms with E-state index in [1.54, 1.807) is 0 Å². The van der Waals surface area contributed by atoms with Crippen LogP contribution in [0, 0.1) is 17.1 Å². The molecule has 1 aromatic carbocycles. The van der Waals surface area contributed by atoms with Gasteiger partial charge >= 0.3 is 6.18 Å². The first-order valence-corrected chi connectivity index (χ1v) is 6.60. The number of nitrogens with zero attached hydrogens (tertiary/aromatic N) is 2. The minimum Gasteiger partial charge on any atom is -0.358 e. The van der Waals surface area contributed by atoms with Crippen molar-refractivity contribution in [1.29, 1.82) is 5.26 Å². The zero-order valence-electron chi connectivity index (χ0n) is 12.9. The van der Waals surface area contributed by atoms with Gasteiger partial charge < -0.3 is 10.2 Å². The van der Waals surface area contributed by atoms with E-state index in [2.05, 4.69) is 19.7 Å². The summed E-state index contributed by atoms with van der Waals surface area (Å²) in [6.07, 6.45) is -1.68. The number of allylic oxidation sites excluding steroid dienone is 2. The van der Waals surface area contributed by atoms with Gasteiger partial charge in [-0.2, -0.15) is 18.4 Å². The summed E-state index contributed by atoms with van der Waals surface area (Å²) < 4.78 is 52.7. The summed E-state index contributed by atoms with van der Waals surface area (Å²) in [4.78, 5) is 1.14. The van der Waals surface area contributed by atoms with Crippen LogP contribution in [0.25, 0.3) is 6.08 Å². The van der Waals surface area contributed by atoms with Crippen molar-refractivity contribution in [3.8, 4) is 6.07 Å². The monoisotopic (exact) mass is 337 g/mol. The van der Waals surface area contributed by atoms with Gasteiger partial charge in [0.2, 0.25) is 0 Å². The highest BCUT2D eigenvalue weighted by atomic mass is 19.4. The average Bonchev–Trinajstić information content (AvgIpc) is 2.52. The van der Waals surface area contributed by atoms with Crippen LogP contribution in [0.1, 0.15) is 11.1 Å². The molecule has 7 heteroatoms. The second-order valence-corrected chi connectivity index (χ2v) is 4.66. The predicted molar refractivity (Wildman–Crippen MR) is 86.2 cm³/mol. The molecule has 0 bridgehead atoms. The number of anilines is 1. The van der Waals surface area contributed by atoms with Gasteiger partial charge in [0.25, 0.3) is 0 Å². The molecule has 0 saturated carbocycles. The summed E-state index contributed by atoms with van der Waals surface area (Å²) in [7, 11) is 1.36. The molecular weight excluding hydrogens is 322 g/mol. The Hall–Kier alpha value is -3.01. The molecule has 1 aromatic rings. The highest BCUT2D eigenvalue weighted by molar-refractivity contribution is 5.66. The van der Waals surface area contributed by atoms with Crippen molar-refractivity contribution in [2.45, 2.75) is 6.18 Å². The normalized spacial score (nSPS) is 11.4. The fourth-order valence-electron chi connectivity index (χ4n) is 1.83. The summed E-state index contributed by atoms with van der Waals surface area (Å²) in [5.41, 5.74) is -0.809. The number of rotatable bonds is 6. The molecule has 24 heavy (non-hydrogen) atoms. The number of likely N-dealkylation sites (N-methyl/N-ethyl adjacent to an activating group) is 1. The Labute approximate surface area is 137 Å². The third-order valence-corrected chi connectivity index (χ3v) is 3.13. The van der Waals surface area contributed by atoms with Crippen molar-refractivity contribution >= 4 is 11.8 Å². The van der Waals surface area contributed by atoms with Crippen LogP contribution in [0.3, 0.4) is 0 Å². The molecule has 0 aliphatic carbocycles. The van der Waals surface area contributed by atoms with Gasteiger partial charge in [-0.25, -0.2) is 4.39 Å². The van der Waals surface area contributed by atoms with E-state index in [1.165, 1.54) is 19.2 Å². The summed E-state index contributed by atoms with van der Waals surface area (Å²) in [6, 6.07) is 4.12. The molecule has 0 radical (unpaired) electrons. The maximum absolute atomic E-state index is 14.1. The first-order chi connectivity index (χ1) is 11.1. The van der Waals surface area contributed by atoms with E-state index in [0.29, 0.717) is 5.56 Å². The molecule has 0 fully saturated rings. The molecule has 0 atom stereocenters. The highest BCUT2D eigenvalue weighted by Gasteiger charge is 2.33. The Morgan fingerprint density at radius 2 is 1.96 bits per heavy atom. The summed E-state index contributed by atoms with van der Waals surface area (Å²) in [5.74, 6) is -0.764. The third kappa shape index (κ3) is 4.26. The molecule has 126 valence electrons. The maximum atomic E-state index is 14.1. The molecule has 0 heterocycles. The Morgan fingerprint density at radius 3 is 2.42 bits per heavy atom. The van der Waals surface area contributed by atoms with Gasteiger partial charge in [0.1, 0.15) is 11.5 Å². The summed E-state index contributed by atoms with van der Waals surface area (Å²) in [5, 5.41) is 10.9. The molecule has 1 N–H and O–H groups in total. The van der Waals surface area contributed by atoms with Gasteiger partial charge in [-0.3, -0.25) is 0 Å². The molecule has 0 saturated heterocycles. The van der Waals surface area contributed by atoms with E-state index >= 15 is 0 Å². The zero-order chi connectivity index (χ0) is 18.5. The fourth-order valence-corrected chi connectivity index (χ4v) is 1.83. The largest absolute Gasteiger partial charge is 0.431 e. The van der Waals surface area contributed by atoms with Crippen LogP contribution < -0.4 is 10.2 Å². The van der Waals surface area contributed by atoms with Gasteiger partial charge in [-0.1, -0.05) is 25.8 Å². The first-order valence-electron chi connectivity index (χ1n) is 6.60. The predicted octanol–water partition coefficient (Wildman–Crippen LogP) is 4.47. The number of alkyl halides is 3. The molecule has 0 aliphatic heterocycles. The number of nitrogens with one attached hydrogen (secondary N) is 1. The SMILES string of the molecule is C=CN/C(=C\C(=C)N(C)c1cc(C=C)c(C#N)cc1F)C(F)(F)F. The number of benzene rings is 1. The van der Waals surface area contributed by atoms with E-state index in [1.807, 2.05) is 11.4 Å². The molecular formula is C17H15F4N3. The second kappa shape index (κ2) is 7.51. The van der Waals surface area contributed by atoms with Crippen molar-refractivity contribution in [2.24, 2.45) is 0 Å². The van der Waals surface area contributed by atoms with E-state index in [4.69, 9.17) is 5.26 Å². The average molecular weight is 337 g/mol. The minimum atomic E-state index is -4.65. The Morgan fingerprint density at radius 1 is 1.33 bits per heavy atom. The van der Waals surface area contributed by atoms with Crippen LogP contribution in [0.15, 0.2) is 55.5 Å². The lowest BCUT2D eigenvalue weighted by Crippen LogP contribution is -2.24. The van der Waals surface area contributed by atoms with Crippen molar-refractivity contribution in [1.82, 2.24) is 5.32 Å². The molecule has 0 aliphatic rings. The van der Waals surface area contributed by atoms with Crippen LogP contribution in [0.5, 0.6) is 0 Å².